The molecule has 1 fully saturated rings. The molecular formula is C42H59N3O9. The van der Waals surface area contributed by atoms with E-state index in [1.54, 1.807) is 65.8 Å². The van der Waals surface area contributed by atoms with Gasteiger partial charge in [-0.05, 0) is 41.2 Å². The van der Waals surface area contributed by atoms with Crippen LogP contribution in [0, 0.1) is 23.7 Å². The summed E-state index contributed by atoms with van der Waals surface area (Å²) in [5.74, 6) is -6.05. The Hall–Kier alpha value is -4.74. The van der Waals surface area contributed by atoms with Gasteiger partial charge < -0.3 is 28.9 Å². The van der Waals surface area contributed by atoms with Crippen molar-refractivity contribution >= 4 is 35.6 Å². The van der Waals surface area contributed by atoms with Crippen LogP contribution in [0.15, 0.2) is 60.7 Å². The molecule has 0 aromatic heterocycles. The van der Waals surface area contributed by atoms with Crippen molar-refractivity contribution in [2.75, 3.05) is 21.1 Å². The Morgan fingerprint density at radius 1 is 0.463 bits per heavy atom. The molecule has 12 nitrogen and oxygen atoms in total. The third-order valence-corrected chi connectivity index (χ3v) is 9.78. The smallest absolute Gasteiger partial charge is 0.329 e. The van der Waals surface area contributed by atoms with Crippen LogP contribution in [0.3, 0.4) is 0 Å². The SMILES string of the molecule is CC(C)C[C@@H]1C(=O)O[C@@H](C(C)C)C(=O)N(C)[C@H](Cc2ccccc2)C(=O)O[C@@H](C(C)C)C(=O)N(C)[C@H](Cc2ccccc2)C(=O)O[C@@H](C(C)C)C(=O)N1C. The minimum atomic E-state index is -1.35. The summed E-state index contributed by atoms with van der Waals surface area (Å²) in [7, 11) is 4.33. The van der Waals surface area contributed by atoms with E-state index < -0.39 is 89.8 Å². The number of esters is 3. The monoisotopic (exact) mass is 749 g/mol. The Morgan fingerprint density at radius 2 is 0.741 bits per heavy atom. The largest absolute Gasteiger partial charge is 0.450 e. The predicted octanol–water partition coefficient (Wildman–Crippen LogP) is 4.72. The maximum atomic E-state index is 14.4. The van der Waals surface area contributed by atoms with Crippen LogP contribution in [0.4, 0.5) is 0 Å². The van der Waals surface area contributed by atoms with E-state index in [4.69, 9.17) is 14.2 Å². The molecule has 0 N–H and O–H groups in total. The van der Waals surface area contributed by atoms with Crippen molar-refractivity contribution in [3.05, 3.63) is 71.8 Å². The first kappa shape index (κ1) is 43.7. The summed E-state index contributed by atoms with van der Waals surface area (Å²) in [5.41, 5.74) is 1.46. The van der Waals surface area contributed by atoms with E-state index in [9.17, 15) is 28.8 Å². The maximum absolute atomic E-state index is 14.4. The van der Waals surface area contributed by atoms with Crippen LogP contribution in [-0.4, -0.2) is 108 Å². The van der Waals surface area contributed by atoms with Gasteiger partial charge in [-0.25, -0.2) is 14.4 Å². The Kier molecular flexibility index (Phi) is 15.8. The first-order valence-electron chi connectivity index (χ1n) is 18.8. The molecule has 296 valence electrons. The van der Waals surface area contributed by atoms with Gasteiger partial charge in [0.05, 0.1) is 0 Å². The Labute approximate surface area is 320 Å². The highest BCUT2D eigenvalue weighted by atomic mass is 16.6. The molecule has 0 bridgehead atoms. The molecule has 2 aromatic rings. The average molecular weight is 750 g/mol. The van der Waals surface area contributed by atoms with Gasteiger partial charge in [-0.2, -0.15) is 0 Å². The zero-order valence-electron chi connectivity index (χ0n) is 33.7. The third kappa shape index (κ3) is 11.1. The normalized spacial score (nSPS) is 24.5. The highest BCUT2D eigenvalue weighted by Crippen LogP contribution is 2.24. The molecule has 0 saturated carbocycles. The van der Waals surface area contributed by atoms with Gasteiger partial charge in [-0.15, -0.1) is 0 Å². The fraction of sp³-hybridized carbons (Fsp3) is 0.571. The standard InChI is InChI=1S/C42H59N3O9/c1-25(2)22-31-40(49)52-35(27(5)6)38(47)44(10)33(24-30-20-16-13-17-21-30)42(51)54-36(28(7)8)39(48)45(11)32(23-29-18-14-12-15-19-29)41(50)53-34(26(3)4)37(46)43(31)9/h12-21,25-28,31-36H,22-24H2,1-11H3/t31-,32-,33-,34+,35+,36+/m1/s1. The Balaban J connectivity index is 2.24. The number of nitrogens with zero attached hydrogens (tertiary/aromatic N) is 3. The molecular weight excluding hydrogens is 690 g/mol. The number of carbonyl (C=O) groups excluding carboxylic acids is 6. The number of likely N-dealkylation sites (N-methyl/N-ethyl adjacent to an activating group) is 3. The lowest BCUT2D eigenvalue weighted by molar-refractivity contribution is -0.179. The second kappa shape index (κ2) is 19.5. The van der Waals surface area contributed by atoms with E-state index >= 15 is 0 Å². The highest BCUT2D eigenvalue weighted by molar-refractivity contribution is 5.94. The summed E-state index contributed by atoms with van der Waals surface area (Å²) >= 11 is 0. The fourth-order valence-corrected chi connectivity index (χ4v) is 6.38. The summed E-state index contributed by atoms with van der Waals surface area (Å²) in [6.07, 6.45) is -3.71. The molecule has 6 atom stereocenters. The lowest BCUT2D eigenvalue weighted by atomic mass is 9.98. The first-order chi connectivity index (χ1) is 25.3. The topological polar surface area (TPSA) is 140 Å². The van der Waals surface area contributed by atoms with Crippen molar-refractivity contribution in [1.82, 2.24) is 14.7 Å². The highest BCUT2D eigenvalue weighted by Gasteiger charge is 2.44. The van der Waals surface area contributed by atoms with Crippen LogP contribution in [0.1, 0.15) is 72.9 Å². The fourth-order valence-electron chi connectivity index (χ4n) is 6.38. The van der Waals surface area contributed by atoms with Crippen LogP contribution in [0.5, 0.6) is 0 Å². The second-order valence-corrected chi connectivity index (χ2v) is 15.7. The summed E-state index contributed by atoms with van der Waals surface area (Å²) in [6, 6.07) is 14.6. The van der Waals surface area contributed by atoms with E-state index in [1.807, 2.05) is 50.2 Å². The van der Waals surface area contributed by atoms with Gasteiger partial charge in [0, 0.05) is 34.0 Å². The van der Waals surface area contributed by atoms with Crippen LogP contribution in [-0.2, 0) is 55.8 Å². The number of cyclic esters (lactones) is 3. The van der Waals surface area contributed by atoms with Gasteiger partial charge in [-0.3, -0.25) is 14.4 Å². The molecule has 0 aliphatic carbocycles. The van der Waals surface area contributed by atoms with Crippen molar-refractivity contribution in [2.45, 2.75) is 111 Å². The summed E-state index contributed by atoms with van der Waals surface area (Å²) < 4.78 is 17.9. The Morgan fingerprint density at radius 3 is 1.02 bits per heavy atom. The molecule has 0 unspecified atom stereocenters. The molecule has 1 saturated heterocycles. The van der Waals surface area contributed by atoms with Crippen molar-refractivity contribution in [1.29, 1.82) is 0 Å². The molecule has 2 aromatic carbocycles. The van der Waals surface area contributed by atoms with E-state index in [2.05, 4.69) is 0 Å². The Bertz CT molecular complexity index is 1550. The van der Waals surface area contributed by atoms with Gasteiger partial charge in [0.25, 0.3) is 17.7 Å². The summed E-state index contributed by atoms with van der Waals surface area (Å²) in [6.45, 7) is 14.1. The van der Waals surface area contributed by atoms with Crippen molar-refractivity contribution in [3.63, 3.8) is 0 Å². The van der Waals surface area contributed by atoms with Crippen LogP contribution < -0.4 is 0 Å². The van der Waals surface area contributed by atoms with E-state index in [0.717, 1.165) is 11.1 Å². The zero-order chi connectivity index (χ0) is 40.4. The molecule has 1 heterocycles. The molecule has 3 amide bonds. The molecule has 54 heavy (non-hydrogen) atoms. The van der Waals surface area contributed by atoms with Gasteiger partial charge in [0.2, 0.25) is 0 Å². The van der Waals surface area contributed by atoms with Crippen LogP contribution >= 0.6 is 0 Å². The molecule has 12 heteroatoms. The molecule has 0 radical (unpaired) electrons. The first-order valence-corrected chi connectivity index (χ1v) is 18.8. The molecule has 0 spiro atoms. The van der Waals surface area contributed by atoms with E-state index in [-0.39, 0.29) is 25.2 Å². The summed E-state index contributed by atoms with van der Waals surface area (Å²) in [4.78, 5) is 89.1. The molecule has 3 rings (SSSR count). The average Bonchev–Trinajstić information content (AvgIpc) is 3.13. The minimum absolute atomic E-state index is 0.0439. The molecule has 1 aliphatic heterocycles. The van der Waals surface area contributed by atoms with Crippen molar-refractivity contribution in [2.24, 2.45) is 23.7 Å². The minimum Gasteiger partial charge on any atom is -0.450 e. The van der Waals surface area contributed by atoms with Gasteiger partial charge in [0.15, 0.2) is 18.3 Å². The number of hydrogen-bond donors (Lipinski definition) is 0. The van der Waals surface area contributed by atoms with Crippen molar-refractivity contribution in [3.8, 4) is 0 Å². The number of rotatable bonds is 9. The van der Waals surface area contributed by atoms with Crippen LogP contribution in [0.25, 0.3) is 0 Å². The number of ether oxygens (including phenoxy) is 3. The number of carbonyl (C=O) groups is 6. The van der Waals surface area contributed by atoms with Crippen LogP contribution in [0.2, 0.25) is 0 Å². The number of amides is 3. The quantitative estimate of drug-likeness (QED) is 0.263. The maximum Gasteiger partial charge on any atom is 0.329 e. The third-order valence-electron chi connectivity index (χ3n) is 9.78. The summed E-state index contributed by atoms with van der Waals surface area (Å²) in [5, 5.41) is 0. The lowest BCUT2D eigenvalue weighted by Gasteiger charge is -2.37. The molecule has 1 aliphatic rings. The van der Waals surface area contributed by atoms with Crippen molar-refractivity contribution < 1.29 is 43.0 Å². The van der Waals surface area contributed by atoms with Gasteiger partial charge >= 0.3 is 17.9 Å². The number of benzene rings is 2. The van der Waals surface area contributed by atoms with E-state index in [0.29, 0.717) is 0 Å². The zero-order valence-corrected chi connectivity index (χ0v) is 33.7. The second-order valence-electron chi connectivity index (χ2n) is 15.7. The predicted molar refractivity (Wildman–Crippen MR) is 204 cm³/mol. The van der Waals surface area contributed by atoms with Gasteiger partial charge in [0.1, 0.15) is 18.1 Å². The lowest BCUT2D eigenvalue weighted by Crippen LogP contribution is -2.56. The van der Waals surface area contributed by atoms with Gasteiger partial charge in [-0.1, -0.05) is 116 Å². The number of hydrogen-bond acceptors (Lipinski definition) is 9. The van der Waals surface area contributed by atoms with E-state index in [1.165, 1.54) is 35.8 Å².